The third kappa shape index (κ3) is 3.71. The molecule has 1 aromatic carbocycles. The first-order chi connectivity index (χ1) is 9.00. The maximum atomic E-state index is 9.77. The van der Waals surface area contributed by atoms with Crippen molar-refractivity contribution in [2.45, 2.75) is 40.2 Å². The molecule has 106 valence electrons. The Kier molecular flexibility index (Phi) is 4.48. The standard InChI is InChI=1S/C16H25NO2/c1-12-8-14(9-13(2)15(12)18)10-17-11-16(3)4-6-19-7-5-16/h8-9,17-18H,4-7,10-11H2,1-3H3. The molecule has 1 heterocycles. The number of ether oxygens (including phenoxy) is 1. The number of hydrogen-bond acceptors (Lipinski definition) is 3. The molecule has 19 heavy (non-hydrogen) atoms. The number of aromatic hydroxyl groups is 1. The molecule has 0 spiro atoms. The van der Waals surface area contributed by atoms with E-state index >= 15 is 0 Å². The fourth-order valence-electron chi connectivity index (χ4n) is 2.70. The lowest BCUT2D eigenvalue weighted by molar-refractivity contribution is 0.0240. The van der Waals surface area contributed by atoms with Crippen molar-refractivity contribution in [3.63, 3.8) is 0 Å². The lowest BCUT2D eigenvalue weighted by Gasteiger charge is -2.33. The summed E-state index contributed by atoms with van der Waals surface area (Å²) in [5.41, 5.74) is 3.51. The van der Waals surface area contributed by atoms with Crippen molar-refractivity contribution >= 4 is 0 Å². The Bertz CT molecular complexity index is 413. The van der Waals surface area contributed by atoms with Crippen LogP contribution in [0.4, 0.5) is 0 Å². The number of hydrogen-bond donors (Lipinski definition) is 2. The van der Waals surface area contributed by atoms with Gasteiger partial charge in [0.2, 0.25) is 0 Å². The van der Waals surface area contributed by atoms with Crippen LogP contribution in [0.5, 0.6) is 5.75 Å². The zero-order valence-corrected chi connectivity index (χ0v) is 12.3. The Labute approximate surface area is 116 Å². The van der Waals surface area contributed by atoms with Crippen molar-refractivity contribution in [1.82, 2.24) is 5.32 Å². The maximum Gasteiger partial charge on any atom is 0.121 e. The monoisotopic (exact) mass is 263 g/mol. The molecular formula is C16H25NO2. The van der Waals surface area contributed by atoms with Gasteiger partial charge in [0.05, 0.1) is 0 Å². The molecule has 0 bridgehead atoms. The van der Waals surface area contributed by atoms with Crippen LogP contribution in [0.15, 0.2) is 12.1 Å². The van der Waals surface area contributed by atoms with Crippen molar-refractivity contribution in [3.8, 4) is 5.75 Å². The Morgan fingerprint density at radius 2 is 1.79 bits per heavy atom. The number of nitrogens with one attached hydrogen (secondary N) is 1. The van der Waals surface area contributed by atoms with E-state index in [-0.39, 0.29) is 0 Å². The number of phenols is 1. The summed E-state index contributed by atoms with van der Waals surface area (Å²) in [5, 5.41) is 13.3. The smallest absolute Gasteiger partial charge is 0.121 e. The number of phenolic OH excluding ortho intramolecular Hbond substituents is 1. The van der Waals surface area contributed by atoms with Gasteiger partial charge >= 0.3 is 0 Å². The van der Waals surface area contributed by atoms with Crippen molar-refractivity contribution in [2.75, 3.05) is 19.8 Å². The lowest BCUT2D eigenvalue weighted by Crippen LogP contribution is -2.36. The minimum Gasteiger partial charge on any atom is -0.507 e. The van der Waals surface area contributed by atoms with Gasteiger partial charge in [0.15, 0.2) is 0 Å². The third-order valence-electron chi connectivity index (χ3n) is 4.13. The first-order valence-electron chi connectivity index (χ1n) is 7.08. The van der Waals surface area contributed by atoms with Gasteiger partial charge in [0, 0.05) is 26.3 Å². The molecular weight excluding hydrogens is 238 g/mol. The van der Waals surface area contributed by atoms with Crippen molar-refractivity contribution in [3.05, 3.63) is 28.8 Å². The van der Waals surface area contributed by atoms with Crippen LogP contribution >= 0.6 is 0 Å². The van der Waals surface area contributed by atoms with E-state index < -0.39 is 0 Å². The first-order valence-corrected chi connectivity index (χ1v) is 7.08. The van der Waals surface area contributed by atoms with E-state index in [9.17, 15) is 5.11 Å². The third-order valence-corrected chi connectivity index (χ3v) is 4.13. The second kappa shape index (κ2) is 5.93. The Morgan fingerprint density at radius 3 is 2.37 bits per heavy atom. The van der Waals surface area contributed by atoms with E-state index in [4.69, 9.17) is 4.74 Å². The van der Waals surface area contributed by atoms with Crippen LogP contribution in [0.1, 0.15) is 36.5 Å². The molecule has 1 aliphatic rings. The van der Waals surface area contributed by atoms with Crippen LogP contribution in [0.2, 0.25) is 0 Å². The molecule has 0 aliphatic carbocycles. The van der Waals surface area contributed by atoms with Gasteiger partial charge in [-0.1, -0.05) is 19.1 Å². The molecule has 2 rings (SSSR count). The van der Waals surface area contributed by atoms with Crippen molar-refractivity contribution in [1.29, 1.82) is 0 Å². The van der Waals surface area contributed by atoms with E-state index in [1.165, 1.54) is 5.56 Å². The molecule has 3 heteroatoms. The molecule has 0 radical (unpaired) electrons. The predicted molar refractivity (Wildman–Crippen MR) is 77.4 cm³/mol. The highest BCUT2D eigenvalue weighted by Gasteiger charge is 2.26. The molecule has 3 nitrogen and oxygen atoms in total. The van der Waals surface area contributed by atoms with Gasteiger partial charge in [0.1, 0.15) is 5.75 Å². The SMILES string of the molecule is Cc1cc(CNCC2(C)CCOCC2)cc(C)c1O. The molecule has 0 saturated carbocycles. The highest BCUT2D eigenvalue weighted by Crippen LogP contribution is 2.29. The molecule has 2 N–H and O–H groups in total. The van der Waals surface area contributed by atoms with Crippen LogP contribution in [-0.4, -0.2) is 24.9 Å². The predicted octanol–water partition coefficient (Wildman–Crippen LogP) is 2.92. The summed E-state index contributed by atoms with van der Waals surface area (Å²) in [7, 11) is 0. The summed E-state index contributed by atoms with van der Waals surface area (Å²) < 4.78 is 5.42. The molecule has 0 atom stereocenters. The fraction of sp³-hybridized carbons (Fsp3) is 0.625. The Hall–Kier alpha value is -1.06. The average Bonchev–Trinajstić information content (AvgIpc) is 2.36. The first kappa shape index (κ1) is 14.4. The van der Waals surface area contributed by atoms with Gasteiger partial charge in [0.25, 0.3) is 0 Å². The highest BCUT2D eigenvalue weighted by atomic mass is 16.5. The molecule has 0 amide bonds. The van der Waals surface area contributed by atoms with Gasteiger partial charge in [-0.25, -0.2) is 0 Å². The van der Waals surface area contributed by atoms with Crippen LogP contribution in [0.3, 0.4) is 0 Å². The second-order valence-corrected chi connectivity index (χ2v) is 6.10. The molecule has 1 aromatic rings. The van der Waals surface area contributed by atoms with Crippen LogP contribution in [0.25, 0.3) is 0 Å². The van der Waals surface area contributed by atoms with E-state index in [0.717, 1.165) is 50.3 Å². The highest BCUT2D eigenvalue weighted by molar-refractivity contribution is 5.42. The van der Waals surface area contributed by atoms with E-state index in [0.29, 0.717) is 11.2 Å². The van der Waals surface area contributed by atoms with Gasteiger partial charge in [-0.3, -0.25) is 0 Å². The molecule has 1 saturated heterocycles. The topological polar surface area (TPSA) is 41.5 Å². The number of benzene rings is 1. The zero-order valence-electron chi connectivity index (χ0n) is 12.3. The summed E-state index contributed by atoms with van der Waals surface area (Å²) in [6.07, 6.45) is 2.27. The van der Waals surface area contributed by atoms with Gasteiger partial charge in [-0.2, -0.15) is 0 Å². The minimum atomic E-state index is 0.360. The summed E-state index contributed by atoms with van der Waals surface area (Å²) in [4.78, 5) is 0. The van der Waals surface area contributed by atoms with Crippen molar-refractivity contribution < 1.29 is 9.84 Å². The molecule has 0 unspecified atom stereocenters. The summed E-state index contributed by atoms with van der Waals surface area (Å²) in [6.45, 7) is 9.88. The quantitative estimate of drug-likeness (QED) is 0.877. The Balaban J connectivity index is 1.89. The van der Waals surface area contributed by atoms with Crippen LogP contribution in [0, 0.1) is 19.3 Å². The summed E-state index contributed by atoms with van der Waals surface area (Å²) in [6, 6.07) is 4.11. The zero-order chi connectivity index (χ0) is 13.9. The van der Waals surface area contributed by atoms with Crippen LogP contribution in [-0.2, 0) is 11.3 Å². The largest absolute Gasteiger partial charge is 0.507 e. The summed E-state index contributed by atoms with van der Waals surface area (Å²) in [5.74, 6) is 0.417. The number of rotatable bonds is 4. The summed E-state index contributed by atoms with van der Waals surface area (Å²) >= 11 is 0. The van der Waals surface area contributed by atoms with E-state index in [1.54, 1.807) is 0 Å². The Morgan fingerprint density at radius 1 is 1.21 bits per heavy atom. The lowest BCUT2D eigenvalue weighted by atomic mass is 9.82. The van der Waals surface area contributed by atoms with E-state index in [1.807, 2.05) is 13.8 Å². The van der Waals surface area contributed by atoms with Gasteiger partial charge in [-0.15, -0.1) is 0 Å². The second-order valence-electron chi connectivity index (χ2n) is 6.10. The maximum absolute atomic E-state index is 9.77. The average molecular weight is 263 g/mol. The number of aryl methyl sites for hydroxylation is 2. The molecule has 1 aliphatic heterocycles. The molecule has 1 fully saturated rings. The van der Waals surface area contributed by atoms with Gasteiger partial charge in [-0.05, 0) is 48.8 Å². The van der Waals surface area contributed by atoms with E-state index in [2.05, 4.69) is 24.4 Å². The minimum absolute atomic E-state index is 0.360. The van der Waals surface area contributed by atoms with Crippen molar-refractivity contribution in [2.24, 2.45) is 5.41 Å². The molecule has 0 aromatic heterocycles. The fourth-order valence-corrected chi connectivity index (χ4v) is 2.70. The van der Waals surface area contributed by atoms with Gasteiger partial charge < -0.3 is 15.2 Å². The van der Waals surface area contributed by atoms with Crippen LogP contribution < -0.4 is 5.32 Å². The normalized spacial score (nSPS) is 18.5.